The summed E-state index contributed by atoms with van der Waals surface area (Å²) < 4.78 is 5.30. The Kier molecular flexibility index (Phi) is 4.43. The number of hydrogen-bond acceptors (Lipinski definition) is 3. The van der Waals surface area contributed by atoms with Crippen molar-refractivity contribution in [3.63, 3.8) is 0 Å². The van der Waals surface area contributed by atoms with Crippen LogP contribution in [-0.4, -0.2) is 24.5 Å². The van der Waals surface area contributed by atoms with Gasteiger partial charge in [0.2, 0.25) is 0 Å². The van der Waals surface area contributed by atoms with Gasteiger partial charge >= 0.3 is 0 Å². The molecule has 22 heavy (non-hydrogen) atoms. The Morgan fingerprint density at radius 1 is 1.36 bits per heavy atom. The molecule has 3 atom stereocenters. The summed E-state index contributed by atoms with van der Waals surface area (Å²) in [5.74, 6) is 2.21. The highest BCUT2D eigenvalue weighted by atomic mass is 32.1. The van der Waals surface area contributed by atoms with Crippen molar-refractivity contribution in [3.05, 3.63) is 41.5 Å². The Labute approximate surface area is 136 Å². The molecular formula is C17H21N3OS. The predicted molar refractivity (Wildman–Crippen MR) is 93.3 cm³/mol. The zero-order valence-corrected chi connectivity index (χ0v) is 13.7. The number of ether oxygens (including phenoxy) is 1. The van der Waals surface area contributed by atoms with Gasteiger partial charge in [0, 0.05) is 6.04 Å². The summed E-state index contributed by atoms with van der Waals surface area (Å²) in [7, 11) is 1.67. The minimum atomic E-state index is 0.449. The maximum absolute atomic E-state index is 5.31. The molecule has 2 aliphatic rings. The molecule has 2 bridgehead atoms. The van der Waals surface area contributed by atoms with Gasteiger partial charge < -0.3 is 10.1 Å². The molecule has 0 aliphatic heterocycles. The van der Waals surface area contributed by atoms with E-state index in [9.17, 15) is 0 Å². The van der Waals surface area contributed by atoms with E-state index in [-0.39, 0.29) is 0 Å². The standard InChI is InChI=1S/C17H21N3OS/c1-11-3-4-13(9-16(11)21-2)10-18-20-17(22)19-15-8-12-5-6-14(15)7-12/h3-6,9-10,12,14-15H,7-8H2,1-2H3,(H2,19,20,22). The maximum Gasteiger partial charge on any atom is 0.187 e. The second-order valence-electron chi connectivity index (χ2n) is 5.96. The van der Waals surface area contributed by atoms with E-state index in [1.54, 1.807) is 13.3 Å². The number of methoxy groups -OCH3 is 1. The zero-order chi connectivity index (χ0) is 15.5. The van der Waals surface area contributed by atoms with E-state index in [2.05, 4.69) is 28.0 Å². The Balaban J connectivity index is 1.51. The van der Waals surface area contributed by atoms with Crippen LogP contribution in [0.3, 0.4) is 0 Å². The molecule has 5 heteroatoms. The third-order valence-electron chi connectivity index (χ3n) is 4.41. The number of hydrazone groups is 1. The fraction of sp³-hybridized carbons (Fsp3) is 0.412. The van der Waals surface area contributed by atoms with E-state index < -0.39 is 0 Å². The number of allylic oxidation sites excluding steroid dienone is 1. The Bertz CT molecular complexity index is 626. The third kappa shape index (κ3) is 3.30. The first-order valence-electron chi connectivity index (χ1n) is 7.58. The number of thiocarbonyl (C=S) groups is 1. The molecule has 1 aromatic carbocycles. The second-order valence-corrected chi connectivity index (χ2v) is 6.37. The largest absolute Gasteiger partial charge is 0.496 e. The van der Waals surface area contributed by atoms with E-state index in [4.69, 9.17) is 17.0 Å². The molecule has 116 valence electrons. The van der Waals surface area contributed by atoms with Gasteiger partial charge in [-0.1, -0.05) is 24.3 Å². The molecule has 0 heterocycles. The van der Waals surface area contributed by atoms with E-state index in [0.29, 0.717) is 17.1 Å². The topological polar surface area (TPSA) is 45.6 Å². The van der Waals surface area contributed by atoms with Crippen molar-refractivity contribution in [2.75, 3.05) is 7.11 Å². The average Bonchev–Trinajstić information content (AvgIpc) is 3.11. The fourth-order valence-corrected chi connectivity index (χ4v) is 3.43. The van der Waals surface area contributed by atoms with Gasteiger partial charge in [-0.3, -0.25) is 5.43 Å². The Morgan fingerprint density at radius 3 is 2.91 bits per heavy atom. The SMILES string of the molecule is COc1cc(C=NNC(=S)NC2CC3C=CC2C3)ccc1C. The Morgan fingerprint density at radius 2 is 2.23 bits per heavy atom. The van der Waals surface area contributed by atoms with Crippen LogP contribution in [0.4, 0.5) is 0 Å². The first-order valence-corrected chi connectivity index (χ1v) is 7.99. The van der Waals surface area contributed by atoms with E-state index >= 15 is 0 Å². The van der Waals surface area contributed by atoms with Crippen molar-refractivity contribution in [1.82, 2.24) is 10.7 Å². The molecule has 3 unspecified atom stereocenters. The molecular weight excluding hydrogens is 294 g/mol. The highest BCUT2D eigenvalue weighted by molar-refractivity contribution is 7.80. The van der Waals surface area contributed by atoms with Crippen LogP contribution in [0.2, 0.25) is 0 Å². The van der Waals surface area contributed by atoms with Crippen LogP contribution < -0.4 is 15.5 Å². The first-order chi connectivity index (χ1) is 10.7. The molecule has 1 aromatic rings. The van der Waals surface area contributed by atoms with Crippen LogP contribution in [-0.2, 0) is 0 Å². The molecule has 0 radical (unpaired) electrons. The lowest BCUT2D eigenvalue weighted by Crippen LogP contribution is -2.42. The molecule has 3 rings (SSSR count). The van der Waals surface area contributed by atoms with Gasteiger partial charge in [0.25, 0.3) is 0 Å². The van der Waals surface area contributed by atoms with Crippen molar-refractivity contribution in [2.24, 2.45) is 16.9 Å². The minimum absolute atomic E-state index is 0.449. The lowest BCUT2D eigenvalue weighted by molar-refractivity contribution is 0.411. The summed E-state index contributed by atoms with van der Waals surface area (Å²) in [5.41, 5.74) is 4.97. The van der Waals surface area contributed by atoms with Crippen molar-refractivity contribution in [2.45, 2.75) is 25.8 Å². The monoisotopic (exact) mass is 315 g/mol. The predicted octanol–water partition coefficient (Wildman–Crippen LogP) is 2.77. The van der Waals surface area contributed by atoms with Gasteiger partial charge in [0.05, 0.1) is 13.3 Å². The molecule has 1 fully saturated rings. The number of nitrogens with one attached hydrogen (secondary N) is 2. The van der Waals surface area contributed by atoms with Gasteiger partial charge in [0.15, 0.2) is 5.11 Å². The molecule has 1 saturated carbocycles. The van der Waals surface area contributed by atoms with Crippen molar-refractivity contribution >= 4 is 23.5 Å². The molecule has 0 amide bonds. The molecule has 0 aromatic heterocycles. The van der Waals surface area contributed by atoms with Gasteiger partial charge in [-0.15, -0.1) is 0 Å². The van der Waals surface area contributed by atoms with Crippen LogP contribution in [0.1, 0.15) is 24.0 Å². The van der Waals surface area contributed by atoms with E-state index in [1.807, 2.05) is 25.1 Å². The third-order valence-corrected chi connectivity index (χ3v) is 4.62. The number of aryl methyl sites for hydroxylation is 1. The van der Waals surface area contributed by atoms with E-state index in [1.165, 1.54) is 12.8 Å². The second kappa shape index (κ2) is 6.48. The van der Waals surface area contributed by atoms with Gasteiger partial charge in [-0.2, -0.15) is 5.10 Å². The van der Waals surface area contributed by atoms with Crippen LogP contribution in [0.25, 0.3) is 0 Å². The maximum atomic E-state index is 5.31. The summed E-state index contributed by atoms with van der Waals surface area (Å²) in [5, 5.41) is 8.14. The lowest BCUT2D eigenvalue weighted by Gasteiger charge is -2.20. The van der Waals surface area contributed by atoms with Crippen molar-refractivity contribution < 1.29 is 4.74 Å². The van der Waals surface area contributed by atoms with E-state index in [0.717, 1.165) is 22.8 Å². The highest BCUT2D eigenvalue weighted by Gasteiger charge is 2.35. The lowest BCUT2D eigenvalue weighted by atomic mass is 10.0. The molecule has 0 spiro atoms. The fourth-order valence-electron chi connectivity index (χ4n) is 3.23. The van der Waals surface area contributed by atoms with Crippen molar-refractivity contribution in [1.29, 1.82) is 0 Å². The molecule has 2 N–H and O–H groups in total. The summed E-state index contributed by atoms with van der Waals surface area (Å²) in [6.07, 6.45) is 8.80. The van der Waals surface area contributed by atoms with Crippen molar-refractivity contribution in [3.8, 4) is 5.75 Å². The molecule has 0 saturated heterocycles. The van der Waals surface area contributed by atoms with Gasteiger partial charge in [-0.05, 0) is 61.0 Å². The van der Waals surface area contributed by atoms with Crippen LogP contribution >= 0.6 is 12.2 Å². The first kappa shape index (κ1) is 15.0. The van der Waals surface area contributed by atoms with Crippen LogP contribution in [0.5, 0.6) is 5.75 Å². The van der Waals surface area contributed by atoms with Gasteiger partial charge in [-0.25, -0.2) is 0 Å². The molecule has 2 aliphatic carbocycles. The summed E-state index contributed by atoms with van der Waals surface area (Å²) in [6, 6.07) is 6.42. The normalized spacial score (nSPS) is 25.6. The number of hydrogen-bond donors (Lipinski definition) is 2. The van der Waals surface area contributed by atoms with Gasteiger partial charge in [0.1, 0.15) is 5.75 Å². The smallest absolute Gasteiger partial charge is 0.187 e. The average molecular weight is 315 g/mol. The summed E-state index contributed by atoms with van der Waals surface area (Å²) >= 11 is 5.31. The zero-order valence-electron chi connectivity index (χ0n) is 12.9. The van der Waals surface area contributed by atoms with Crippen LogP contribution in [0, 0.1) is 18.8 Å². The minimum Gasteiger partial charge on any atom is -0.496 e. The number of nitrogens with zero attached hydrogens (tertiary/aromatic N) is 1. The highest BCUT2D eigenvalue weighted by Crippen LogP contribution is 2.38. The number of rotatable bonds is 4. The Hall–Kier alpha value is -1.88. The van der Waals surface area contributed by atoms with Crippen LogP contribution in [0.15, 0.2) is 35.5 Å². The number of benzene rings is 1. The summed E-state index contributed by atoms with van der Waals surface area (Å²) in [4.78, 5) is 0. The number of fused-ring (bicyclic) bond motifs is 2. The molecule has 4 nitrogen and oxygen atoms in total. The summed E-state index contributed by atoms with van der Waals surface area (Å²) in [6.45, 7) is 2.01. The quantitative estimate of drug-likeness (QED) is 0.388.